The summed E-state index contributed by atoms with van der Waals surface area (Å²) in [5.41, 5.74) is 0. The van der Waals surface area contributed by atoms with Crippen molar-refractivity contribution in [2.45, 2.75) is 88.4 Å². The molecule has 0 bridgehead atoms. The monoisotopic (exact) mass is 366 g/mol. The molecular weight excluding hydrogens is 336 g/mol. The minimum atomic E-state index is -1.61. The predicted molar refractivity (Wildman–Crippen MR) is 85.7 cm³/mol. The Morgan fingerprint density at radius 1 is 1.16 bits per heavy atom. The summed E-state index contributed by atoms with van der Waals surface area (Å²) in [6.45, 7) is 1.43. The van der Waals surface area contributed by atoms with E-state index in [0.717, 1.165) is 19.3 Å². The average molecular weight is 366 g/mol. The third-order valence-corrected chi connectivity index (χ3v) is 4.25. The molecule has 9 nitrogen and oxygen atoms in total. The highest BCUT2D eigenvalue weighted by Gasteiger charge is 2.45. The molecule has 1 heterocycles. The minimum Gasteiger partial charge on any atom is -0.481 e. The lowest BCUT2D eigenvalue weighted by molar-refractivity contribution is -0.312. The third kappa shape index (κ3) is 7.14. The molecule has 0 unspecified atom stereocenters. The third-order valence-electron chi connectivity index (χ3n) is 4.25. The lowest BCUT2D eigenvalue weighted by Crippen LogP contribution is -2.59. The first-order valence-electron chi connectivity index (χ1n) is 8.65. The quantitative estimate of drug-likeness (QED) is 0.252. The van der Waals surface area contributed by atoms with E-state index in [1.54, 1.807) is 0 Å². The number of aliphatic carboxylic acids is 1. The van der Waals surface area contributed by atoms with Crippen molar-refractivity contribution < 1.29 is 44.9 Å². The van der Waals surface area contributed by atoms with E-state index in [-0.39, 0.29) is 6.42 Å². The Morgan fingerprint density at radius 2 is 1.84 bits per heavy atom. The summed E-state index contributed by atoms with van der Waals surface area (Å²) in [5, 5.41) is 57.7. The summed E-state index contributed by atoms with van der Waals surface area (Å²) in [6, 6.07) is 0. The molecule has 1 fully saturated rings. The number of carboxylic acid groups (broad SMARTS) is 1. The minimum absolute atomic E-state index is 0.0328. The van der Waals surface area contributed by atoms with Crippen molar-refractivity contribution in [1.82, 2.24) is 0 Å². The number of aliphatic hydroxyl groups is 5. The zero-order valence-corrected chi connectivity index (χ0v) is 14.4. The second kappa shape index (κ2) is 11.0. The van der Waals surface area contributed by atoms with Crippen LogP contribution >= 0.6 is 0 Å². The molecule has 1 aliphatic rings. The fraction of sp³-hybridized carbons (Fsp3) is 0.938. The molecular formula is C16H30O9. The first kappa shape index (κ1) is 22.2. The van der Waals surface area contributed by atoms with Crippen LogP contribution in [0.5, 0.6) is 0 Å². The smallest absolute Gasteiger partial charge is 0.305 e. The van der Waals surface area contributed by atoms with Gasteiger partial charge in [0.2, 0.25) is 0 Å². The van der Waals surface area contributed by atoms with Gasteiger partial charge in [0.05, 0.1) is 25.2 Å². The molecule has 0 aromatic rings. The number of unbranched alkanes of at least 4 members (excludes halogenated alkanes) is 2. The summed E-state index contributed by atoms with van der Waals surface area (Å²) in [4.78, 5) is 11.0. The normalized spacial score (nSPS) is 32.3. The van der Waals surface area contributed by atoms with Gasteiger partial charge >= 0.3 is 5.97 Å². The standard InChI is InChI=1S/C16H30O9/c1-2-3-4-5-9(18)6-10(7-12(19)20)24-16-15(23)14(22)13(21)11(8-17)25-16/h9-11,13-18,21-23H,2-8H2,1H3,(H,19,20)/t9-,10-,11-,13-,14+,15+,16-/m1/s1. The molecule has 25 heavy (non-hydrogen) atoms. The molecule has 0 radical (unpaired) electrons. The summed E-state index contributed by atoms with van der Waals surface area (Å²) in [5.74, 6) is -1.14. The zero-order chi connectivity index (χ0) is 19.0. The molecule has 1 rings (SSSR count). The van der Waals surface area contributed by atoms with Gasteiger partial charge in [-0.3, -0.25) is 4.79 Å². The molecule has 1 aliphatic heterocycles. The maximum absolute atomic E-state index is 11.0. The van der Waals surface area contributed by atoms with Gasteiger partial charge < -0.3 is 40.1 Å². The molecule has 0 aliphatic carbocycles. The topological polar surface area (TPSA) is 157 Å². The second-order valence-electron chi connectivity index (χ2n) is 6.44. The molecule has 0 aromatic carbocycles. The van der Waals surface area contributed by atoms with Crippen LogP contribution < -0.4 is 0 Å². The van der Waals surface area contributed by atoms with Crippen LogP contribution in [0, 0.1) is 0 Å². The zero-order valence-electron chi connectivity index (χ0n) is 14.4. The maximum atomic E-state index is 11.0. The van der Waals surface area contributed by atoms with Crippen LogP contribution in [-0.4, -0.2) is 86.1 Å². The van der Waals surface area contributed by atoms with Gasteiger partial charge in [0.25, 0.3) is 0 Å². The Labute approximate surface area is 146 Å². The Balaban J connectivity index is 2.67. The Morgan fingerprint density at radius 3 is 2.40 bits per heavy atom. The van der Waals surface area contributed by atoms with Gasteiger partial charge in [0.1, 0.15) is 24.4 Å². The van der Waals surface area contributed by atoms with Gasteiger partial charge in [-0.2, -0.15) is 0 Å². The summed E-state index contributed by atoms with van der Waals surface area (Å²) in [7, 11) is 0. The van der Waals surface area contributed by atoms with Crippen molar-refractivity contribution in [3.05, 3.63) is 0 Å². The first-order chi connectivity index (χ1) is 11.8. The Kier molecular flexibility index (Phi) is 9.80. The van der Waals surface area contributed by atoms with Gasteiger partial charge in [-0.15, -0.1) is 0 Å². The van der Waals surface area contributed by atoms with E-state index in [2.05, 4.69) is 0 Å². The first-order valence-corrected chi connectivity index (χ1v) is 8.65. The lowest BCUT2D eigenvalue weighted by Gasteiger charge is -2.40. The van der Waals surface area contributed by atoms with Gasteiger partial charge in [0.15, 0.2) is 6.29 Å². The molecule has 0 saturated carbocycles. The molecule has 148 valence electrons. The molecule has 0 spiro atoms. The molecule has 7 atom stereocenters. The average Bonchev–Trinajstić information content (AvgIpc) is 2.55. The van der Waals surface area contributed by atoms with E-state index in [1.165, 1.54) is 0 Å². The fourth-order valence-corrected chi connectivity index (χ4v) is 2.80. The molecule has 1 saturated heterocycles. The fourth-order valence-electron chi connectivity index (χ4n) is 2.80. The summed E-state index contributed by atoms with van der Waals surface area (Å²) in [6.07, 6.45) is -6.12. The van der Waals surface area contributed by atoms with E-state index in [1.807, 2.05) is 6.92 Å². The molecule has 0 amide bonds. The molecule has 6 N–H and O–H groups in total. The van der Waals surface area contributed by atoms with Crippen molar-refractivity contribution in [3.8, 4) is 0 Å². The maximum Gasteiger partial charge on any atom is 0.305 e. The number of carbonyl (C=O) groups is 1. The number of rotatable bonds is 11. The summed E-state index contributed by atoms with van der Waals surface area (Å²) >= 11 is 0. The van der Waals surface area contributed by atoms with E-state index < -0.39 is 61.9 Å². The van der Waals surface area contributed by atoms with Crippen LogP contribution in [0.3, 0.4) is 0 Å². The largest absolute Gasteiger partial charge is 0.481 e. The Hall–Kier alpha value is -0.810. The molecule has 0 aromatic heterocycles. The highest BCUT2D eigenvalue weighted by molar-refractivity contribution is 5.67. The van der Waals surface area contributed by atoms with Crippen molar-refractivity contribution in [3.63, 3.8) is 0 Å². The van der Waals surface area contributed by atoms with Crippen molar-refractivity contribution in [2.24, 2.45) is 0 Å². The van der Waals surface area contributed by atoms with Crippen molar-refractivity contribution in [2.75, 3.05) is 6.61 Å². The van der Waals surface area contributed by atoms with Gasteiger partial charge in [-0.05, 0) is 6.42 Å². The second-order valence-corrected chi connectivity index (χ2v) is 6.44. The van der Waals surface area contributed by atoms with Crippen LogP contribution in [0.15, 0.2) is 0 Å². The summed E-state index contributed by atoms with van der Waals surface area (Å²) < 4.78 is 10.7. The number of hydrogen-bond acceptors (Lipinski definition) is 8. The lowest BCUT2D eigenvalue weighted by atomic mass is 9.99. The number of carboxylic acids is 1. The van der Waals surface area contributed by atoms with Gasteiger partial charge in [0, 0.05) is 6.42 Å². The number of ether oxygens (including phenoxy) is 2. The van der Waals surface area contributed by atoms with E-state index >= 15 is 0 Å². The number of hydrogen-bond donors (Lipinski definition) is 6. The SMILES string of the molecule is CCCCC[C@@H](O)C[C@H](CC(=O)O)O[C@@H]1O[C@H](CO)[C@@H](O)[C@H](O)[C@@H]1O. The van der Waals surface area contributed by atoms with Gasteiger partial charge in [-0.25, -0.2) is 0 Å². The van der Waals surface area contributed by atoms with Crippen molar-refractivity contribution >= 4 is 5.97 Å². The van der Waals surface area contributed by atoms with Crippen LogP contribution in [0.25, 0.3) is 0 Å². The van der Waals surface area contributed by atoms with E-state index in [4.69, 9.17) is 19.7 Å². The Bertz CT molecular complexity index is 390. The molecule has 9 heteroatoms. The van der Waals surface area contributed by atoms with Crippen LogP contribution in [0.1, 0.15) is 45.4 Å². The van der Waals surface area contributed by atoms with E-state index in [0.29, 0.717) is 6.42 Å². The highest BCUT2D eigenvalue weighted by Crippen LogP contribution is 2.25. The predicted octanol–water partition coefficient (Wildman–Crippen LogP) is -1.02. The van der Waals surface area contributed by atoms with Crippen LogP contribution in [0.4, 0.5) is 0 Å². The van der Waals surface area contributed by atoms with Crippen molar-refractivity contribution in [1.29, 1.82) is 0 Å². The number of aliphatic hydroxyl groups excluding tert-OH is 5. The van der Waals surface area contributed by atoms with Crippen LogP contribution in [0.2, 0.25) is 0 Å². The van der Waals surface area contributed by atoms with Crippen LogP contribution in [-0.2, 0) is 14.3 Å². The van der Waals surface area contributed by atoms with E-state index in [9.17, 15) is 25.2 Å². The highest BCUT2D eigenvalue weighted by atomic mass is 16.7. The van der Waals surface area contributed by atoms with Gasteiger partial charge in [-0.1, -0.05) is 26.2 Å².